The summed E-state index contributed by atoms with van der Waals surface area (Å²) in [6.07, 6.45) is 0.938. The third kappa shape index (κ3) is 2.67. The number of rotatable bonds is 2. The lowest BCUT2D eigenvalue weighted by atomic mass is 10.1. The fourth-order valence-corrected chi connectivity index (χ4v) is 2.55. The summed E-state index contributed by atoms with van der Waals surface area (Å²) in [6.45, 7) is 3.94. The summed E-state index contributed by atoms with van der Waals surface area (Å²) in [4.78, 5) is 14.0. The van der Waals surface area contributed by atoms with Crippen molar-refractivity contribution in [3.05, 3.63) is 28.2 Å². The van der Waals surface area contributed by atoms with Gasteiger partial charge in [0.1, 0.15) is 6.04 Å². The minimum absolute atomic E-state index is 0.0201. The van der Waals surface area contributed by atoms with E-state index in [1.54, 1.807) is 0 Å². The number of nitrogens with one attached hydrogen (secondary N) is 1. The lowest BCUT2D eigenvalue weighted by Gasteiger charge is -2.29. The number of nitrogens with zero attached hydrogens (tertiary/aromatic N) is 1. The summed E-state index contributed by atoms with van der Waals surface area (Å²) >= 11 is 3.53. The number of nitrogens with two attached hydrogens (primary N) is 1. The van der Waals surface area contributed by atoms with E-state index in [0.29, 0.717) is 6.54 Å². The van der Waals surface area contributed by atoms with Crippen LogP contribution in [0.5, 0.6) is 0 Å². The molecule has 0 aromatic heterocycles. The fourth-order valence-electron chi connectivity index (χ4n) is 2.18. The van der Waals surface area contributed by atoms with Crippen molar-refractivity contribution in [2.75, 3.05) is 24.5 Å². The van der Waals surface area contributed by atoms with Gasteiger partial charge in [0.25, 0.3) is 0 Å². The van der Waals surface area contributed by atoms with Crippen LogP contribution in [0.2, 0.25) is 0 Å². The molecule has 1 aliphatic heterocycles. The number of halogens is 1. The van der Waals surface area contributed by atoms with Gasteiger partial charge in [0, 0.05) is 29.8 Å². The highest BCUT2D eigenvalue weighted by molar-refractivity contribution is 9.10. The van der Waals surface area contributed by atoms with Crippen LogP contribution in [0.4, 0.5) is 5.69 Å². The molecule has 98 valence electrons. The lowest BCUT2D eigenvalue weighted by molar-refractivity contribution is -0.121. The number of hydrogen-bond donors (Lipinski definition) is 2. The normalized spacial score (nSPS) is 20.5. The first-order chi connectivity index (χ1) is 8.63. The van der Waals surface area contributed by atoms with Gasteiger partial charge in [-0.15, -0.1) is 0 Å². The van der Waals surface area contributed by atoms with Crippen LogP contribution in [0.3, 0.4) is 0 Å². The Morgan fingerprint density at radius 2 is 2.33 bits per heavy atom. The minimum Gasteiger partial charge on any atom is -0.358 e. The number of carbonyl (C=O) groups is 1. The number of hydrogen-bond acceptors (Lipinski definition) is 3. The van der Waals surface area contributed by atoms with Crippen molar-refractivity contribution < 1.29 is 4.79 Å². The second kappa shape index (κ2) is 5.71. The van der Waals surface area contributed by atoms with Gasteiger partial charge in [-0.1, -0.05) is 22.0 Å². The molecule has 1 fully saturated rings. The first-order valence-electron chi connectivity index (χ1n) is 6.14. The molecule has 1 atom stereocenters. The third-order valence-corrected chi connectivity index (χ3v) is 4.12. The standard InChI is InChI=1S/C13H18BrN3O/c1-9-3-4-10(7-11(9)14)17-6-2-5-16-13(18)12(17)8-15/h3-4,7,12H,2,5-6,8,15H2,1H3,(H,16,18). The molecule has 0 radical (unpaired) electrons. The average Bonchev–Trinajstić information content (AvgIpc) is 2.54. The largest absolute Gasteiger partial charge is 0.358 e. The molecule has 1 amide bonds. The molecule has 1 aliphatic rings. The highest BCUT2D eigenvalue weighted by atomic mass is 79.9. The summed E-state index contributed by atoms with van der Waals surface area (Å²) in [5, 5.41) is 2.90. The van der Waals surface area contributed by atoms with Gasteiger partial charge in [0.05, 0.1) is 0 Å². The maximum absolute atomic E-state index is 11.9. The number of amides is 1. The maximum atomic E-state index is 11.9. The molecular weight excluding hydrogens is 294 g/mol. The third-order valence-electron chi connectivity index (χ3n) is 3.26. The summed E-state index contributed by atoms with van der Waals surface area (Å²) in [6, 6.07) is 5.87. The predicted molar refractivity (Wildman–Crippen MR) is 76.7 cm³/mol. The van der Waals surface area contributed by atoms with Gasteiger partial charge in [-0.05, 0) is 31.0 Å². The zero-order chi connectivity index (χ0) is 13.1. The summed E-state index contributed by atoms with van der Waals surface area (Å²) in [5.41, 5.74) is 7.97. The number of anilines is 1. The van der Waals surface area contributed by atoms with E-state index >= 15 is 0 Å². The number of carbonyl (C=O) groups excluding carboxylic acids is 1. The van der Waals surface area contributed by atoms with E-state index in [1.165, 1.54) is 5.56 Å². The molecule has 4 nitrogen and oxygen atoms in total. The fraction of sp³-hybridized carbons (Fsp3) is 0.462. The topological polar surface area (TPSA) is 58.4 Å². The Morgan fingerprint density at radius 1 is 1.56 bits per heavy atom. The SMILES string of the molecule is Cc1ccc(N2CCCNC(=O)C2CN)cc1Br. The van der Waals surface area contributed by atoms with Crippen LogP contribution in [0, 0.1) is 6.92 Å². The molecule has 0 saturated carbocycles. The molecule has 1 saturated heterocycles. The molecule has 1 aromatic rings. The van der Waals surface area contributed by atoms with Crippen molar-refractivity contribution in [1.29, 1.82) is 0 Å². The molecule has 0 aliphatic carbocycles. The molecule has 5 heteroatoms. The van der Waals surface area contributed by atoms with Crippen LogP contribution in [0.25, 0.3) is 0 Å². The van der Waals surface area contributed by atoms with Crippen molar-refractivity contribution in [2.24, 2.45) is 5.73 Å². The summed E-state index contributed by atoms with van der Waals surface area (Å²) in [5.74, 6) is 0.0201. The van der Waals surface area contributed by atoms with E-state index in [0.717, 1.165) is 29.7 Å². The molecule has 18 heavy (non-hydrogen) atoms. The Balaban J connectivity index is 2.32. The van der Waals surface area contributed by atoms with Gasteiger partial charge < -0.3 is 16.0 Å². The molecule has 0 spiro atoms. The zero-order valence-electron chi connectivity index (χ0n) is 10.4. The first-order valence-corrected chi connectivity index (χ1v) is 6.93. The molecule has 3 N–H and O–H groups in total. The van der Waals surface area contributed by atoms with E-state index < -0.39 is 0 Å². The predicted octanol–water partition coefficient (Wildman–Crippen LogP) is 1.41. The molecule has 1 aromatic carbocycles. The Bertz CT molecular complexity index is 450. The maximum Gasteiger partial charge on any atom is 0.244 e. The van der Waals surface area contributed by atoms with Crippen molar-refractivity contribution in [3.8, 4) is 0 Å². The smallest absolute Gasteiger partial charge is 0.244 e. The van der Waals surface area contributed by atoms with E-state index in [4.69, 9.17) is 5.73 Å². The van der Waals surface area contributed by atoms with Gasteiger partial charge in [-0.2, -0.15) is 0 Å². The highest BCUT2D eigenvalue weighted by Crippen LogP contribution is 2.25. The Morgan fingerprint density at radius 3 is 3.00 bits per heavy atom. The molecule has 1 heterocycles. The van der Waals surface area contributed by atoms with Crippen molar-refractivity contribution in [1.82, 2.24) is 5.32 Å². The van der Waals surface area contributed by atoms with Crippen LogP contribution in [-0.4, -0.2) is 31.6 Å². The Kier molecular flexibility index (Phi) is 4.24. The van der Waals surface area contributed by atoms with Crippen molar-refractivity contribution >= 4 is 27.5 Å². The highest BCUT2D eigenvalue weighted by Gasteiger charge is 2.27. The second-order valence-corrected chi connectivity index (χ2v) is 5.38. The monoisotopic (exact) mass is 311 g/mol. The van der Waals surface area contributed by atoms with E-state index in [1.807, 2.05) is 13.0 Å². The van der Waals surface area contributed by atoms with Crippen LogP contribution in [-0.2, 0) is 4.79 Å². The lowest BCUT2D eigenvalue weighted by Crippen LogP contribution is -2.49. The summed E-state index contributed by atoms with van der Waals surface area (Å²) in [7, 11) is 0. The van der Waals surface area contributed by atoms with Crippen molar-refractivity contribution in [2.45, 2.75) is 19.4 Å². The molecule has 2 rings (SSSR count). The van der Waals surface area contributed by atoms with Crippen LogP contribution < -0.4 is 16.0 Å². The molecular formula is C13H18BrN3O. The summed E-state index contributed by atoms with van der Waals surface area (Å²) < 4.78 is 1.06. The van der Waals surface area contributed by atoms with Gasteiger partial charge in [0.15, 0.2) is 0 Å². The van der Waals surface area contributed by atoms with Crippen LogP contribution >= 0.6 is 15.9 Å². The van der Waals surface area contributed by atoms with E-state index in [9.17, 15) is 4.79 Å². The van der Waals surface area contributed by atoms with Gasteiger partial charge in [-0.3, -0.25) is 4.79 Å². The quantitative estimate of drug-likeness (QED) is 0.868. The Labute approximate surface area is 116 Å². The number of aryl methyl sites for hydroxylation is 1. The molecule has 0 bridgehead atoms. The first kappa shape index (κ1) is 13.4. The molecule has 1 unspecified atom stereocenters. The van der Waals surface area contributed by atoms with Gasteiger partial charge in [0.2, 0.25) is 5.91 Å². The minimum atomic E-state index is -0.276. The van der Waals surface area contributed by atoms with E-state index in [-0.39, 0.29) is 11.9 Å². The van der Waals surface area contributed by atoms with Crippen LogP contribution in [0.15, 0.2) is 22.7 Å². The number of benzene rings is 1. The van der Waals surface area contributed by atoms with Crippen LogP contribution in [0.1, 0.15) is 12.0 Å². The van der Waals surface area contributed by atoms with Gasteiger partial charge in [-0.25, -0.2) is 0 Å². The van der Waals surface area contributed by atoms with E-state index in [2.05, 4.69) is 38.3 Å². The second-order valence-electron chi connectivity index (χ2n) is 4.52. The van der Waals surface area contributed by atoms with Gasteiger partial charge >= 0.3 is 0 Å². The zero-order valence-corrected chi connectivity index (χ0v) is 12.0. The average molecular weight is 312 g/mol. The Hall–Kier alpha value is -1.07. The van der Waals surface area contributed by atoms with Crippen molar-refractivity contribution in [3.63, 3.8) is 0 Å².